The third-order valence-electron chi connectivity index (χ3n) is 3.90. The molecule has 27 heavy (non-hydrogen) atoms. The number of benzene rings is 1. The van der Waals surface area contributed by atoms with E-state index in [2.05, 4.69) is 15.5 Å². The van der Waals surface area contributed by atoms with Crippen LogP contribution in [-0.2, 0) is 12.7 Å². The lowest BCUT2D eigenvalue weighted by Gasteiger charge is -2.19. The predicted molar refractivity (Wildman–Crippen MR) is 100 cm³/mol. The first-order chi connectivity index (χ1) is 12.6. The summed E-state index contributed by atoms with van der Waals surface area (Å²) in [6.45, 7) is 5.42. The van der Waals surface area contributed by atoms with Crippen LogP contribution in [0.4, 0.5) is 13.2 Å². The molecule has 1 heterocycles. The first-order valence-corrected chi connectivity index (χ1v) is 8.94. The highest BCUT2D eigenvalue weighted by molar-refractivity contribution is 6.33. The van der Waals surface area contributed by atoms with E-state index in [1.165, 1.54) is 6.07 Å². The number of aromatic nitrogens is 2. The Balaban J connectivity index is 2.43. The fraction of sp³-hybridized carbons (Fsp3) is 0.500. The summed E-state index contributed by atoms with van der Waals surface area (Å²) in [5, 5.41) is 10.1. The van der Waals surface area contributed by atoms with Gasteiger partial charge in [0.25, 0.3) is 0 Å². The maximum atomic E-state index is 13.5. The number of aromatic amines is 1. The second-order valence-electron chi connectivity index (χ2n) is 6.59. The van der Waals surface area contributed by atoms with Crippen LogP contribution in [0.25, 0.3) is 11.3 Å². The molecule has 0 spiro atoms. The van der Waals surface area contributed by atoms with Gasteiger partial charge in [0.15, 0.2) is 0 Å². The van der Waals surface area contributed by atoms with E-state index < -0.39 is 17.8 Å². The minimum Gasteiger partial charge on any atom is -0.490 e. The number of likely N-dealkylation sites (N-methyl/N-ethyl adjacent to an activating group) is 2. The first kappa shape index (κ1) is 21.5. The van der Waals surface area contributed by atoms with Gasteiger partial charge in [0, 0.05) is 43.0 Å². The summed E-state index contributed by atoms with van der Waals surface area (Å²) in [4.78, 5) is 2.04. The molecule has 0 aliphatic rings. The fourth-order valence-electron chi connectivity index (χ4n) is 2.65. The third-order valence-corrected chi connectivity index (χ3v) is 4.21. The van der Waals surface area contributed by atoms with E-state index >= 15 is 0 Å². The van der Waals surface area contributed by atoms with E-state index in [0.717, 1.165) is 24.7 Å². The summed E-state index contributed by atoms with van der Waals surface area (Å²) in [6.07, 6.45) is -3.30. The molecular weight excluding hydrogens is 381 g/mol. The van der Waals surface area contributed by atoms with Gasteiger partial charge in [0.05, 0.1) is 22.4 Å². The second kappa shape index (κ2) is 8.95. The van der Waals surface area contributed by atoms with Gasteiger partial charge in [-0.15, -0.1) is 0 Å². The molecule has 0 saturated heterocycles. The third kappa shape index (κ3) is 5.60. The summed E-state index contributed by atoms with van der Waals surface area (Å²) in [5.74, 6) is -0.283. The summed E-state index contributed by atoms with van der Waals surface area (Å²) in [5.41, 5.74) is 0.519. The lowest BCUT2D eigenvalue weighted by molar-refractivity contribution is -0.139. The molecule has 0 aliphatic heterocycles. The average molecular weight is 405 g/mol. The van der Waals surface area contributed by atoms with Crippen molar-refractivity contribution in [2.24, 2.45) is 0 Å². The Labute approximate surface area is 161 Å². The van der Waals surface area contributed by atoms with Crippen LogP contribution in [0.3, 0.4) is 0 Å². The zero-order valence-corrected chi connectivity index (χ0v) is 16.5. The fourth-order valence-corrected chi connectivity index (χ4v) is 2.89. The van der Waals surface area contributed by atoms with Gasteiger partial charge in [-0.1, -0.05) is 11.6 Å². The molecule has 0 amide bonds. The van der Waals surface area contributed by atoms with Crippen molar-refractivity contribution in [2.45, 2.75) is 32.7 Å². The van der Waals surface area contributed by atoms with Crippen molar-refractivity contribution in [3.05, 3.63) is 34.5 Å². The number of nitrogens with zero attached hydrogens (tertiary/aromatic N) is 2. The maximum absolute atomic E-state index is 13.5. The Morgan fingerprint density at radius 3 is 2.63 bits per heavy atom. The summed E-state index contributed by atoms with van der Waals surface area (Å²) in [6, 6.07) is 2.22. The number of halogens is 4. The van der Waals surface area contributed by atoms with Crippen LogP contribution in [0.1, 0.15) is 25.0 Å². The Kier molecular flexibility index (Phi) is 7.13. The molecule has 2 aromatic rings. The lowest BCUT2D eigenvalue weighted by Crippen LogP contribution is -2.27. The molecule has 1 aromatic heterocycles. The minimum atomic E-state index is -4.57. The van der Waals surface area contributed by atoms with E-state index in [9.17, 15) is 13.2 Å². The molecule has 0 bridgehead atoms. The SMILES string of the molecule is CNCCN(C)Cc1c[nH]nc1-c1cc(C(F)(F)F)c(OC(C)C)cc1Cl. The van der Waals surface area contributed by atoms with Crippen LogP contribution in [0.15, 0.2) is 18.3 Å². The van der Waals surface area contributed by atoms with Crippen LogP contribution in [0, 0.1) is 0 Å². The van der Waals surface area contributed by atoms with E-state index in [-0.39, 0.29) is 16.3 Å². The van der Waals surface area contributed by atoms with E-state index in [1.54, 1.807) is 20.0 Å². The highest BCUT2D eigenvalue weighted by atomic mass is 35.5. The van der Waals surface area contributed by atoms with Gasteiger partial charge in [0.2, 0.25) is 0 Å². The highest BCUT2D eigenvalue weighted by Gasteiger charge is 2.36. The van der Waals surface area contributed by atoms with Crippen LogP contribution >= 0.6 is 11.6 Å². The van der Waals surface area contributed by atoms with E-state index in [0.29, 0.717) is 12.2 Å². The van der Waals surface area contributed by atoms with Gasteiger partial charge in [-0.3, -0.25) is 5.10 Å². The quantitative estimate of drug-likeness (QED) is 0.692. The van der Waals surface area contributed by atoms with Crippen molar-refractivity contribution in [3.8, 4) is 17.0 Å². The molecule has 0 atom stereocenters. The van der Waals surface area contributed by atoms with Crippen molar-refractivity contribution in [1.29, 1.82) is 0 Å². The molecule has 0 unspecified atom stereocenters. The normalized spacial score (nSPS) is 12.2. The number of nitrogens with one attached hydrogen (secondary N) is 2. The summed E-state index contributed by atoms with van der Waals surface area (Å²) >= 11 is 6.29. The van der Waals surface area contributed by atoms with Crippen molar-refractivity contribution in [3.63, 3.8) is 0 Å². The highest BCUT2D eigenvalue weighted by Crippen LogP contribution is 2.42. The maximum Gasteiger partial charge on any atom is 0.419 e. The zero-order valence-electron chi connectivity index (χ0n) is 15.7. The van der Waals surface area contributed by atoms with Crippen molar-refractivity contribution in [1.82, 2.24) is 20.4 Å². The number of rotatable bonds is 8. The van der Waals surface area contributed by atoms with E-state index in [1.807, 2.05) is 19.0 Å². The molecule has 0 fully saturated rings. The standard InChI is InChI=1S/C18H24ClF3N4O/c1-11(2)27-16-8-15(19)13(7-14(16)18(20,21)22)17-12(9-24-25-17)10-26(4)6-5-23-3/h7-9,11,23H,5-6,10H2,1-4H3,(H,24,25). The monoisotopic (exact) mass is 404 g/mol. The lowest BCUT2D eigenvalue weighted by atomic mass is 10.0. The number of H-pyrrole nitrogens is 1. The second-order valence-corrected chi connectivity index (χ2v) is 7.00. The molecule has 0 radical (unpaired) electrons. The average Bonchev–Trinajstić information content (AvgIpc) is 2.99. The van der Waals surface area contributed by atoms with Gasteiger partial charge in [-0.05, 0) is 34.0 Å². The number of hydrogen-bond acceptors (Lipinski definition) is 4. The Hall–Kier alpha value is -1.77. The molecule has 0 saturated carbocycles. The first-order valence-electron chi connectivity index (χ1n) is 8.57. The smallest absolute Gasteiger partial charge is 0.419 e. The Morgan fingerprint density at radius 2 is 2.04 bits per heavy atom. The minimum absolute atomic E-state index is 0.157. The molecule has 1 aromatic carbocycles. The number of alkyl halides is 3. The van der Waals surface area contributed by atoms with Crippen LogP contribution in [0.2, 0.25) is 5.02 Å². The largest absolute Gasteiger partial charge is 0.490 e. The van der Waals surface area contributed by atoms with E-state index in [4.69, 9.17) is 16.3 Å². The molecule has 2 N–H and O–H groups in total. The molecule has 150 valence electrons. The van der Waals surface area contributed by atoms with Gasteiger partial charge in [-0.25, -0.2) is 0 Å². The number of ether oxygens (including phenoxy) is 1. The Morgan fingerprint density at radius 1 is 1.33 bits per heavy atom. The zero-order chi connectivity index (χ0) is 20.2. The summed E-state index contributed by atoms with van der Waals surface area (Å²) in [7, 11) is 3.78. The van der Waals surface area contributed by atoms with Crippen LogP contribution in [0.5, 0.6) is 5.75 Å². The van der Waals surface area contributed by atoms with Crippen LogP contribution < -0.4 is 10.1 Å². The van der Waals surface area contributed by atoms with Gasteiger partial charge < -0.3 is 15.0 Å². The molecule has 0 aliphatic carbocycles. The predicted octanol–water partition coefficient (Wildman–Crippen LogP) is 4.19. The molecule has 5 nitrogen and oxygen atoms in total. The molecular formula is C18H24ClF3N4O. The molecule has 9 heteroatoms. The van der Waals surface area contributed by atoms with Gasteiger partial charge in [-0.2, -0.15) is 18.3 Å². The van der Waals surface area contributed by atoms with Gasteiger partial charge >= 0.3 is 6.18 Å². The number of hydrogen-bond donors (Lipinski definition) is 2. The van der Waals surface area contributed by atoms with Crippen LogP contribution in [-0.4, -0.2) is 48.4 Å². The van der Waals surface area contributed by atoms with Gasteiger partial charge in [0.1, 0.15) is 5.75 Å². The van der Waals surface area contributed by atoms with Crippen molar-refractivity contribution in [2.75, 3.05) is 27.2 Å². The summed E-state index contributed by atoms with van der Waals surface area (Å²) < 4.78 is 45.9. The Bertz CT molecular complexity index is 762. The topological polar surface area (TPSA) is 53.2 Å². The van der Waals surface area contributed by atoms with Crippen molar-refractivity contribution < 1.29 is 17.9 Å². The molecule has 2 rings (SSSR count). The van der Waals surface area contributed by atoms with Crippen molar-refractivity contribution >= 4 is 11.6 Å².